The zero-order valence-electron chi connectivity index (χ0n) is 10.7. The van der Waals surface area contributed by atoms with Crippen LogP contribution in [0.4, 0.5) is 0 Å². The lowest BCUT2D eigenvalue weighted by Crippen LogP contribution is -2.77. The molecule has 0 spiro atoms. The number of hydrogen-bond donors (Lipinski definition) is 2. The first-order chi connectivity index (χ1) is 8.20. The summed E-state index contributed by atoms with van der Waals surface area (Å²) in [7, 11) is 1.36. The average Bonchev–Trinajstić information content (AvgIpc) is 2.48. The van der Waals surface area contributed by atoms with Crippen molar-refractivity contribution in [2.75, 3.05) is 7.11 Å². The Kier molecular flexibility index (Phi) is 2.92. The van der Waals surface area contributed by atoms with E-state index in [4.69, 9.17) is 4.74 Å². The van der Waals surface area contributed by atoms with Crippen molar-refractivity contribution in [3.8, 4) is 0 Å². The monoisotopic (exact) mass is 275 g/mol. The van der Waals surface area contributed by atoms with E-state index in [1.165, 1.54) is 30.7 Å². The lowest BCUT2D eigenvalue weighted by atomic mass is 9.83. The molecule has 102 valence electrons. The van der Waals surface area contributed by atoms with Crippen molar-refractivity contribution in [3.63, 3.8) is 0 Å². The number of carboxylic acid groups (broad SMARTS) is 1. The van der Waals surface area contributed by atoms with Crippen molar-refractivity contribution >= 4 is 23.6 Å². The number of methoxy groups -OCH3 is 1. The van der Waals surface area contributed by atoms with Gasteiger partial charge in [0.1, 0.15) is 11.4 Å². The van der Waals surface area contributed by atoms with Gasteiger partial charge in [-0.25, -0.2) is 4.79 Å². The van der Waals surface area contributed by atoms with Crippen molar-refractivity contribution in [2.24, 2.45) is 0 Å². The van der Waals surface area contributed by atoms with E-state index in [2.05, 4.69) is 0 Å². The third kappa shape index (κ3) is 1.38. The van der Waals surface area contributed by atoms with Gasteiger partial charge >= 0.3 is 5.97 Å². The molecule has 2 N–H and O–H groups in total. The van der Waals surface area contributed by atoms with E-state index in [9.17, 15) is 19.8 Å². The molecule has 0 aliphatic carbocycles. The summed E-state index contributed by atoms with van der Waals surface area (Å²) >= 11 is 1.36. The number of rotatable bonds is 3. The predicted molar refractivity (Wildman–Crippen MR) is 65.1 cm³/mol. The number of amides is 1. The minimum absolute atomic E-state index is 0.449. The van der Waals surface area contributed by atoms with Gasteiger partial charge in [0.15, 0.2) is 0 Å². The number of nitrogens with zero attached hydrogens (tertiary/aromatic N) is 1. The fourth-order valence-corrected chi connectivity index (χ4v) is 4.62. The Morgan fingerprint density at radius 1 is 1.56 bits per heavy atom. The zero-order chi connectivity index (χ0) is 13.9. The van der Waals surface area contributed by atoms with Crippen LogP contribution in [0.5, 0.6) is 0 Å². The highest BCUT2D eigenvalue weighted by atomic mass is 32.2. The van der Waals surface area contributed by atoms with Crippen LogP contribution < -0.4 is 0 Å². The number of thioether (sulfide) groups is 1. The molecule has 0 bridgehead atoms. The molecule has 2 aliphatic rings. The molecule has 0 radical (unpaired) electrons. The smallest absolute Gasteiger partial charge is 0.327 e. The third-order valence-electron chi connectivity index (χ3n) is 3.73. The number of hydrogen-bond acceptors (Lipinski definition) is 5. The summed E-state index contributed by atoms with van der Waals surface area (Å²) in [5.74, 6) is -1.48. The number of carbonyl (C=O) groups excluding carboxylic acids is 1. The summed E-state index contributed by atoms with van der Waals surface area (Å²) < 4.78 is 4.62. The molecule has 0 saturated carbocycles. The lowest BCUT2D eigenvalue weighted by molar-refractivity contribution is -0.211. The summed E-state index contributed by atoms with van der Waals surface area (Å²) in [6.45, 7) is 5.05. The van der Waals surface area contributed by atoms with Gasteiger partial charge in [0.2, 0.25) is 5.60 Å². The molecule has 0 aromatic rings. The summed E-state index contributed by atoms with van der Waals surface area (Å²) in [6.07, 6.45) is -0.980. The summed E-state index contributed by atoms with van der Waals surface area (Å²) in [6, 6.07) is -0.887. The number of carboxylic acids is 1. The molecule has 2 aliphatic heterocycles. The van der Waals surface area contributed by atoms with Crippen LogP contribution >= 0.6 is 11.8 Å². The van der Waals surface area contributed by atoms with Crippen LogP contribution in [0.15, 0.2) is 0 Å². The highest BCUT2D eigenvalue weighted by molar-refractivity contribution is 8.01. The maximum absolute atomic E-state index is 12.2. The molecule has 2 unspecified atom stereocenters. The van der Waals surface area contributed by atoms with Gasteiger partial charge in [-0.15, -0.1) is 11.8 Å². The number of β-lactam (4-membered cyclic amide) rings is 1. The van der Waals surface area contributed by atoms with Gasteiger partial charge in [-0.3, -0.25) is 4.79 Å². The van der Waals surface area contributed by atoms with Gasteiger partial charge in [-0.2, -0.15) is 0 Å². The molecule has 0 aromatic carbocycles. The molecule has 2 fully saturated rings. The van der Waals surface area contributed by atoms with Crippen LogP contribution in [0.1, 0.15) is 20.8 Å². The van der Waals surface area contributed by atoms with Crippen LogP contribution in [-0.4, -0.2) is 62.0 Å². The standard InChI is InChI=1S/C11H17NO5S/c1-5(13)11(17-4)8(16)12-6(7(14)15)10(2,3)18-9(11)12/h5-6,9,13H,1-4H3,(H,14,15)/t5?,6-,9+,11?/m0/s1. The molecule has 4 atom stereocenters. The molecule has 2 rings (SSSR count). The third-order valence-corrected chi connectivity index (χ3v) is 5.36. The Morgan fingerprint density at radius 2 is 2.11 bits per heavy atom. The van der Waals surface area contributed by atoms with E-state index in [0.717, 1.165) is 0 Å². The molecule has 2 heterocycles. The van der Waals surface area contributed by atoms with Crippen LogP contribution in [0, 0.1) is 0 Å². The molecule has 1 amide bonds. The van der Waals surface area contributed by atoms with Gasteiger partial charge in [-0.1, -0.05) is 0 Å². The fraction of sp³-hybridized carbons (Fsp3) is 0.818. The molecular weight excluding hydrogens is 258 g/mol. The van der Waals surface area contributed by atoms with E-state index in [1.807, 2.05) is 0 Å². The highest BCUT2D eigenvalue weighted by Crippen LogP contribution is 2.56. The molecule has 6 nitrogen and oxygen atoms in total. The maximum Gasteiger partial charge on any atom is 0.327 e. The molecule has 7 heteroatoms. The lowest BCUT2D eigenvalue weighted by Gasteiger charge is -2.53. The van der Waals surface area contributed by atoms with E-state index >= 15 is 0 Å². The Bertz CT molecular complexity index is 410. The van der Waals surface area contributed by atoms with Crippen molar-refractivity contribution < 1.29 is 24.5 Å². The fourth-order valence-electron chi connectivity index (χ4n) is 2.80. The van der Waals surface area contributed by atoms with Crippen LogP contribution in [-0.2, 0) is 14.3 Å². The maximum atomic E-state index is 12.2. The first-order valence-corrected chi connectivity index (χ1v) is 6.54. The Balaban J connectivity index is 2.40. The second kappa shape index (κ2) is 3.85. The molecule has 0 aromatic heterocycles. The average molecular weight is 275 g/mol. The minimum atomic E-state index is -1.31. The summed E-state index contributed by atoms with van der Waals surface area (Å²) in [4.78, 5) is 24.8. The van der Waals surface area contributed by atoms with Gasteiger partial charge in [0, 0.05) is 11.9 Å². The Morgan fingerprint density at radius 3 is 2.50 bits per heavy atom. The van der Waals surface area contributed by atoms with Crippen LogP contribution in [0.25, 0.3) is 0 Å². The predicted octanol–water partition coefficient (Wildman–Crippen LogP) is -0.101. The van der Waals surface area contributed by atoms with Gasteiger partial charge in [-0.05, 0) is 20.8 Å². The number of ether oxygens (including phenoxy) is 1. The Labute approximate surface area is 109 Å². The van der Waals surface area contributed by atoms with Crippen LogP contribution in [0.2, 0.25) is 0 Å². The second-order valence-electron chi connectivity index (χ2n) is 5.20. The van der Waals surface area contributed by atoms with Gasteiger partial charge in [0.05, 0.1) is 6.10 Å². The van der Waals surface area contributed by atoms with Crippen molar-refractivity contribution in [1.29, 1.82) is 0 Å². The number of aliphatic hydroxyl groups excluding tert-OH is 1. The SMILES string of the molecule is COC1(C(C)O)C(=O)N2[C@@H](C(=O)O)C(C)(C)S[C@@H]21. The number of aliphatic hydroxyl groups is 1. The highest BCUT2D eigenvalue weighted by Gasteiger charge is 2.73. The molecule has 2 saturated heterocycles. The van der Waals surface area contributed by atoms with E-state index in [0.29, 0.717) is 0 Å². The number of carbonyl (C=O) groups is 2. The second-order valence-corrected chi connectivity index (χ2v) is 6.93. The van der Waals surface area contributed by atoms with E-state index in [-0.39, 0.29) is 0 Å². The first kappa shape index (κ1) is 13.6. The van der Waals surface area contributed by atoms with Crippen molar-refractivity contribution in [2.45, 2.75) is 48.6 Å². The molecule has 18 heavy (non-hydrogen) atoms. The normalized spacial score (nSPS) is 39.2. The van der Waals surface area contributed by atoms with E-state index < -0.39 is 39.7 Å². The zero-order valence-corrected chi connectivity index (χ0v) is 11.5. The molecular formula is C11H17NO5S. The van der Waals surface area contributed by atoms with Crippen LogP contribution in [0.3, 0.4) is 0 Å². The van der Waals surface area contributed by atoms with Crippen molar-refractivity contribution in [3.05, 3.63) is 0 Å². The Hall–Kier alpha value is -0.790. The topological polar surface area (TPSA) is 87.1 Å². The number of aliphatic carboxylic acids is 1. The largest absolute Gasteiger partial charge is 0.480 e. The first-order valence-electron chi connectivity index (χ1n) is 5.66. The summed E-state index contributed by atoms with van der Waals surface area (Å²) in [5, 5.41) is 18.6. The van der Waals surface area contributed by atoms with Crippen molar-refractivity contribution in [1.82, 2.24) is 4.90 Å². The number of fused-ring (bicyclic) bond motifs is 1. The van der Waals surface area contributed by atoms with Gasteiger partial charge in [0.25, 0.3) is 5.91 Å². The minimum Gasteiger partial charge on any atom is -0.480 e. The quantitative estimate of drug-likeness (QED) is 0.699. The summed E-state index contributed by atoms with van der Waals surface area (Å²) in [5.41, 5.74) is -1.31. The van der Waals surface area contributed by atoms with Gasteiger partial charge < -0.3 is 19.8 Å². The van der Waals surface area contributed by atoms with E-state index in [1.54, 1.807) is 13.8 Å².